The number of aromatic amines is 1. The zero-order valence-electron chi connectivity index (χ0n) is 13.6. The number of nitrogens with one attached hydrogen (secondary N) is 1. The van der Waals surface area contributed by atoms with Crippen LogP contribution >= 0.6 is 0 Å². The number of carbonyl (C=O) groups is 2. The first-order chi connectivity index (χ1) is 12.9. The fraction of sp³-hybridized carbons (Fsp3) is 0.111. The van der Waals surface area contributed by atoms with Gasteiger partial charge in [0, 0.05) is 5.56 Å². The van der Waals surface area contributed by atoms with Gasteiger partial charge in [-0.25, -0.2) is 18.6 Å². The molecule has 0 bridgehead atoms. The van der Waals surface area contributed by atoms with Gasteiger partial charge in [-0.15, -0.1) is 0 Å². The van der Waals surface area contributed by atoms with Gasteiger partial charge in [0.2, 0.25) is 6.10 Å². The van der Waals surface area contributed by atoms with Gasteiger partial charge in [-0.05, 0) is 30.3 Å². The Morgan fingerprint density at radius 1 is 1.19 bits per heavy atom. The Bertz CT molecular complexity index is 1050. The summed E-state index contributed by atoms with van der Waals surface area (Å²) in [5.74, 6) is -2.27. The van der Waals surface area contributed by atoms with Crippen LogP contribution in [0.15, 0.2) is 42.5 Å². The molecule has 1 unspecified atom stereocenters. The van der Waals surface area contributed by atoms with E-state index >= 15 is 0 Å². The van der Waals surface area contributed by atoms with Crippen LogP contribution in [0.1, 0.15) is 39.8 Å². The van der Waals surface area contributed by atoms with Crippen LogP contribution in [-0.4, -0.2) is 21.8 Å². The topological polar surface area (TPSA) is 122 Å². The summed E-state index contributed by atoms with van der Waals surface area (Å²) in [6.07, 6.45) is -4.14. The minimum atomic E-state index is -2.77. The van der Waals surface area contributed by atoms with Crippen LogP contribution in [0.3, 0.4) is 0 Å². The lowest BCUT2D eigenvalue weighted by Crippen LogP contribution is -2.26. The van der Waals surface area contributed by atoms with Crippen molar-refractivity contribution in [1.29, 1.82) is 5.26 Å². The molecule has 9 heteroatoms. The zero-order chi connectivity index (χ0) is 19.6. The number of primary amides is 1. The number of imidazole rings is 1. The number of ether oxygens (including phenoxy) is 1. The van der Waals surface area contributed by atoms with E-state index in [0.29, 0.717) is 11.1 Å². The summed E-state index contributed by atoms with van der Waals surface area (Å²) in [4.78, 5) is 30.2. The largest absolute Gasteiger partial charge is 0.444 e. The molecule has 0 aliphatic carbocycles. The van der Waals surface area contributed by atoms with Crippen LogP contribution in [0.4, 0.5) is 8.78 Å². The summed E-state index contributed by atoms with van der Waals surface area (Å²) in [7, 11) is 0. The Kier molecular flexibility index (Phi) is 4.81. The van der Waals surface area contributed by atoms with Crippen molar-refractivity contribution < 1.29 is 23.1 Å². The highest BCUT2D eigenvalue weighted by atomic mass is 19.3. The summed E-state index contributed by atoms with van der Waals surface area (Å²) < 4.78 is 30.6. The molecule has 2 aromatic carbocycles. The van der Waals surface area contributed by atoms with Gasteiger partial charge in [0.1, 0.15) is 0 Å². The van der Waals surface area contributed by atoms with Gasteiger partial charge in [0.15, 0.2) is 5.82 Å². The van der Waals surface area contributed by atoms with Crippen LogP contribution in [-0.2, 0) is 9.53 Å². The lowest BCUT2D eigenvalue weighted by molar-refractivity contribution is -0.127. The second-order valence-electron chi connectivity index (χ2n) is 5.58. The highest BCUT2D eigenvalue weighted by Crippen LogP contribution is 2.23. The van der Waals surface area contributed by atoms with Gasteiger partial charge < -0.3 is 15.5 Å². The maximum atomic E-state index is 12.7. The highest BCUT2D eigenvalue weighted by molar-refractivity contribution is 5.95. The van der Waals surface area contributed by atoms with Crippen molar-refractivity contribution >= 4 is 22.9 Å². The SMILES string of the molecule is N#Cc1ccc(C(OC(=O)c2ccc3nc(C(F)F)[nH]c3c2)C(N)=O)cc1. The van der Waals surface area contributed by atoms with Crippen molar-refractivity contribution in [3.8, 4) is 6.07 Å². The van der Waals surface area contributed by atoms with Crippen LogP contribution in [0.25, 0.3) is 11.0 Å². The smallest absolute Gasteiger partial charge is 0.339 e. The molecular weight excluding hydrogens is 358 g/mol. The van der Waals surface area contributed by atoms with Crippen molar-refractivity contribution in [3.05, 3.63) is 65.0 Å². The standard InChI is InChI=1S/C18H12F2N4O3/c19-15(20)17-23-12-6-5-11(7-13(12)24-17)18(26)27-14(16(22)25)10-3-1-9(8-21)2-4-10/h1-7,14-15H,(H2,22,25)(H,23,24). The summed E-state index contributed by atoms with van der Waals surface area (Å²) in [6, 6.07) is 11.8. The number of H-pyrrole nitrogens is 1. The van der Waals surface area contributed by atoms with Crippen molar-refractivity contribution in [1.82, 2.24) is 9.97 Å². The highest BCUT2D eigenvalue weighted by Gasteiger charge is 2.24. The van der Waals surface area contributed by atoms with E-state index in [9.17, 15) is 18.4 Å². The molecule has 1 aromatic heterocycles. The van der Waals surface area contributed by atoms with E-state index in [1.807, 2.05) is 6.07 Å². The Morgan fingerprint density at radius 3 is 2.48 bits per heavy atom. The van der Waals surface area contributed by atoms with Gasteiger partial charge >= 0.3 is 5.97 Å². The van der Waals surface area contributed by atoms with E-state index in [2.05, 4.69) is 9.97 Å². The van der Waals surface area contributed by atoms with Crippen molar-refractivity contribution in [2.75, 3.05) is 0 Å². The minimum absolute atomic E-state index is 0.0341. The number of carbonyl (C=O) groups excluding carboxylic acids is 2. The third kappa shape index (κ3) is 3.74. The van der Waals surface area contributed by atoms with Crippen molar-refractivity contribution in [2.45, 2.75) is 12.5 Å². The predicted octanol–water partition coefficient (Wildman–Crippen LogP) is 2.76. The molecule has 1 heterocycles. The van der Waals surface area contributed by atoms with Crippen LogP contribution in [0.2, 0.25) is 0 Å². The van der Waals surface area contributed by atoms with E-state index in [0.717, 1.165) is 0 Å². The average molecular weight is 370 g/mol. The maximum absolute atomic E-state index is 12.7. The molecule has 7 nitrogen and oxygen atoms in total. The second kappa shape index (κ2) is 7.21. The van der Waals surface area contributed by atoms with E-state index < -0.39 is 30.2 Å². The zero-order valence-corrected chi connectivity index (χ0v) is 13.6. The molecule has 0 aliphatic heterocycles. The van der Waals surface area contributed by atoms with Crippen molar-refractivity contribution in [2.24, 2.45) is 5.73 Å². The number of aromatic nitrogens is 2. The first-order valence-corrected chi connectivity index (χ1v) is 7.67. The maximum Gasteiger partial charge on any atom is 0.339 e. The lowest BCUT2D eigenvalue weighted by Gasteiger charge is -2.15. The predicted molar refractivity (Wildman–Crippen MR) is 89.6 cm³/mol. The molecule has 27 heavy (non-hydrogen) atoms. The lowest BCUT2D eigenvalue weighted by atomic mass is 10.1. The molecule has 0 saturated carbocycles. The first-order valence-electron chi connectivity index (χ1n) is 7.67. The Labute approximate surface area is 151 Å². The molecule has 0 saturated heterocycles. The summed E-state index contributed by atoms with van der Waals surface area (Å²) in [5.41, 5.74) is 6.51. The quantitative estimate of drug-likeness (QED) is 0.669. The fourth-order valence-corrected chi connectivity index (χ4v) is 2.46. The molecule has 3 N–H and O–H groups in total. The number of nitriles is 1. The number of nitrogens with two attached hydrogens (primary N) is 1. The van der Waals surface area contributed by atoms with E-state index in [1.54, 1.807) is 0 Å². The number of alkyl halides is 2. The molecule has 0 fully saturated rings. The number of hydrogen-bond acceptors (Lipinski definition) is 5. The number of amides is 1. The molecule has 1 amide bonds. The number of rotatable bonds is 5. The molecule has 0 aliphatic rings. The number of esters is 1. The van der Waals surface area contributed by atoms with Gasteiger partial charge in [-0.3, -0.25) is 4.79 Å². The van der Waals surface area contributed by atoms with Crippen molar-refractivity contribution in [3.63, 3.8) is 0 Å². The summed E-state index contributed by atoms with van der Waals surface area (Å²) >= 11 is 0. The summed E-state index contributed by atoms with van der Waals surface area (Å²) in [6.45, 7) is 0. The van der Waals surface area contributed by atoms with E-state index in [1.165, 1.54) is 42.5 Å². The molecule has 0 spiro atoms. The number of nitrogens with zero attached hydrogens (tertiary/aromatic N) is 2. The van der Waals surface area contributed by atoms with E-state index in [4.69, 9.17) is 15.7 Å². The second-order valence-corrected chi connectivity index (χ2v) is 5.58. The molecule has 0 radical (unpaired) electrons. The number of fused-ring (bicyclic) bond motifs is 1. The molecule has 3 aromatic rings. The third-order valence-electron chi connectivity index (χ3n) is 3.77. The molecule has 136 valence electrons. The van der Waals surface area contributed by atoms with Crippen LogP contribution in [0, 0.1) is 11.3 Å². The number of halogens is 2. The molecular formula is C18H12F2N4O3. The Morgan fingerprint density at radius 2 is 1.89 bits per heavy atom. The number of benzene rings is 2. The van der Waals surface area contributed by atoms with Gasteiger partial charge in [-0.1, -0.05) is 12.1 Å². The Hall–Kier alpha value is -3.80. The Balaban J connectivity index is 1.86. The minimum Gasteiger partial charge on any atom is -0.444 e. The molecule has 3 rings (SSSR count). The van der Waals surface area contributed by atoms with E-state index in [-0.39, 0.29) is 16.6 Å². The van der Waals surface area contributed by atoms with Gasteiger partial charge in [0.25, 0.3) is 12.3 Å². The third-order valence-corrected chi connectivity index (χ3v) is 3.77. The summed E-state index contributed by atoms with van der Waals surface area (Å²) in [5, 5.41) is 8.81. The average Bonchev–Trinajstić information content (AvgIpc) is 3.09. The first kappa shape index (κ1) is 18.0. The van der Waals surface area contributed by atoms with Crippen LogP contribution in [0.5, 0.6) is 0 Å². The normalized spacial score (nSPS) is 11.9. The monoisotopic (exact) mass is 370 g/mol. The van der Waals surface area contributed by atoms with Crippen LogP contribution < -0.4 is 5.73 Å². The number of hydrogen-bond donors (Lipinski definition) is 2. The van der Waals surface area contributed by atoms with Gasteiger partial charge in [-0.2, -0.15) is 5.26 Å². The van der Waals surface area contributed by atoms with Gasteiger partial charge in [0.05, 0.1) is 28.2 Å². The fourth-order valence-electron chi connectivity index (χ4n) is 2.46. The molecule has 1 atom stereocenters.